The van der Waals surface area contributed by atoms with Crippen LogP contribution in [0.5, 0.6) is 0 Å². The summed E-state index contributed by atoms with van der Waals surface area (Å²) in [6, 6.07) is 1.09. The quantitative estimate of drug-likeness (QED) is 0.775. The molecule has 0 bridgehead atoms. The van der Waals surface area contributed by atoms with Gasteiger partial charge in [0.15, 0.2) is 0 Å². The lowest BCUT2D eigenvalue weighted by Gasteiger charge is -2.36. The summed E-state index contributed by atoms with van der Waals surface area (Å²) in [7, 11) is 0. The molecule has 0 aromatic rings. The minimum Gasteiger partial charge on any atom is -0.378 e. The summed E-state index contributed by atoms with van der Waals surface area (Å²) in [5, 5.41) is 3.52. The summed E-state index contributed by atoms with van der Waals surface area (Å²) < 4.78 is 5.58. The van der Waals surface area contributed by atoms with Gasteiger partial charge < -0.3 is 15.0 Å². The fourth-order valence-electron chi connectivity index (χ4n) is 3.57. The van der Waals surface area contributed by atoms with Gasteiger partial charge in [0.05, 0.1) is 6.10 Å². The third kappa shape index (κ3) is 3.53. The van der Waals surface area contributed by atoms with E-state index in [0.29, 0.717) is 30.0 Å². The molecule has 2 aliphatic carbocycles. The van der Waals surface area contributed by atoms with Crippen molar-refractivity contribution in [1.29, 1.82) is 0 Å². The van der Waals surface area contributed by atoms with E-state index in [4.69, 9.17) is 4.74 Å². The van der Waals surface area contributed by atoms with Gasteiger partial charge in [-0.2, -0.15) is 0 Å². The van der Waals surface area contributed by atoms with Crippen molar-refractivity contribution in [2.75, 3.05) is 19.7 Å². The Kier molecular flexibility index (Phi) is 4.61. The molecular weight excluding hydrogens is 252 g/mol. The zero-order chi connectivity index (χ0) is 13.9. The molecule has 0 aromatic carbocycles. The van der Waals surface area contributed by atoms with Crippen molar-refractivity contribution in [3.8, 4) is 0 Å². The zero-order valence-electron chi connectivity index (χ0n) is 12.6. The summed E-state index contributed by atoms with van der Waals surface area (Å²) in [4.78, 5) is 14.7. The zero-order valence-corrected chi connectivity index (χ0v) is 12.6. The number of carbonyl (C=O) groups excluding carboxylic acids is 1. The molecule has 0 radical (unpaired) electrons. The van der Waals surface area contributed by atoms with E-state index in [-0.39, 0.29) is 0 Å². The third-order valence-electron chi connectivity index (χ3n) is 4.95. The van der Waals surface area contributed by atoms with E-state index < -0.39 is 0 Å². The van der Waals surface area contributed by atoms with Gasteiger partial charge in [-0.3, -0.25) is 4.79 Å². The molecule has 1 saturated heterocycles. The number of carbonyl (C=O) groups is 1. The Morgan fingerprint density at radius 1 is 1.30 bits per heavy atom. The summed E-state index contributed by atoms with van der Waals surface area (Å²) in [6.07, 6.45) is 8.24. The second kappa shape index (κ2) is 6.44. The number of nitrogens with one attached hydrogen (secondary N) is 1. The molecule has 1 N–H and O–H groups in total. The Morgan fingerprint density at radius 3 is 2.70 bits per heavy atom. The van der Waals surface area contributed by atoms with Crippen LogP contribution in [0.4, 0.5) is 0 Å². The summed E-state index contributed by atoms with van der Waals surface area (Å²) in [5.41, 5.74) is 0. The molecule has 3 rings (SSSR count). The maximum atomic E-state index is 12.5. The Hall–Kier alpha value is -0.610. The summed E-state index contributed by atoms with van der Waals surface area (Å²) in [6.45, 7) is 4.90. The van der Waals surface area contributed by atoms with E-state index in [1.54, 1.807) is 0 Å². The highest BCUT2D eigenvalue weighted by Gasteiger charge is 2.37. The van der Waals surface area contributed by atoms with E-state index in [9.17, 15) is 4.79 Å². The smallest absolute Gasteiger partial charge is 0.223 e. The predicted octanol–water partition coefficient (Wildman–Crippen LogP) is 1.93. The molecule has 0 aromatic heterocycles. The van der Waals surface area contributed by atoms with Crippen molar-refractivity contribution in [2.24, 2.45) is 5.92 Å². The Morgan fingerprint density at radius 2 is 2.10 bits per heavy atom. The predicted molar refractivity (Wildman–Crippen MR) is 78.5 cm³/mol. The summed E-state index contributed by atoms with van der Waals surface area (Å²) >= 11 is 0. The van der Waals surface area contributed by atoms with Crippen molar-refractivity contribution >= 4 is 5.91 Å². The van der Waals surface area contributed by atoms with Crippen LogP contribution in [-0.4, -0.2) is 48.7 Å². The van der Waals surface area contributed by atoms with Crippen LogP contribution in [0.15, 0.2) is 0 Å². The van der Waals surface area contributed by atoms with Gasteiger partial charge in [0, 0.05) is 31.7 Å². The van der Waals surface area contributed by atoms with Crippen molar-refractivity contribution in [3.63, 3.8) is 0 Å². The minimum atomic E-state index is 0.390. The first-order valence-corrected chi connectivity index (χ1v) is 8.40. The average molecular weight is 280 g/mol. The first-order valence-electron chi connectivity index (χ1n) is 8.40. The second-order valence-corrected chi connectivity index (χ2v) is 6.69. The molecule has 0 spiro atoms. The van der Waals surface area contributed by atoms with Crippen LogP contribution < -0.4 is 5.32 Å². The van der Waals surface area contributed by atoms with Gasteiger partial charge in [0.25, 0.3) is 0 Å². The van der Waals surface area contributed by atoms with Crippen LogP contribution in [0.25, 0.3) is 0 Å². The fourth-order valence-corrected chi connectivity index (χ4v) is 3.57. The highest BCUT2D eigenvalue weighted by Crippen LogP contribution is 2.35. The van der Waals surface area contributed by atoms with Crippen molar-refractivity contribution in [3.05, 3.63) is 0 Å². The fraction of sp³-hybridized carbons (Fsp3) is 0.938. The monoisotopic (exact) mass is 280 g/mol. The molecule has 4 heteroatoms. The van der Waals surface area contributed by atoms with E-state index in [2.05, 4.69) is 10.2 Å². The van der Waals surface area contributed by atoms with Crippen LogP contribution in [0.2, 0.25) is 0 Å². The third-order valence-corrected chi connectivity index (χ3v) is 4.95. The van der Waals surface area contributed by atoms with Crippen molar-refractivity contribution in [2.45, 2.75) is 70.1 Å². The van der Waals surface area contributed by atoms with E-state index >= 15 is 0 Å². The Bertz CT molecular complexity index is 331. The molecule has 2 saturated carbocycles. The molecule has 1 amide bonds. The number of nitrogens with zero attached hydrogens (tertiary/aromatic N) is 1. The van der Waals surface area contributed by atoms with Gasteiger partial charge in [-0.1, -0.05) is 0 Å². The lowest BCUT2D eigenvalue weighted by molar-refractivity contribution is -0.135. The number of hydrogen-bond donors (Lipinski definition) is 1. The molecule has 1 heterocycles. The molecule has 3 fully saturated rings. The Balaban J connectivity index is 1.44. The molecule has 1 aliphatic heterocycles. The largest absolute Gasteiger partial charge is 0.378 e. The average Bonchev–Trinajstić information content (AvgIpc) is 3.10. The van der Waals surface area contributed by atoms with Crippen molar-refractivity contribution in [1.82, 2.24) is 10.2 Å². The number of hydrogen-bond acceptors (Lipinski definition) is 3. The van der Waals surface area contributed by atoms with Crippen LogP contribution in [0, 0.1) is 5.92 Å². The molecule has 4 nitrogen and oxygen atoms in total. The lowest BCUT2D eigenvalue weighted by Crippen LogP contribution is -2.44. The number of ether oxygens (including phenoxy) is 1. The van der Waals surface area contributed by atoms with Crippen molar-refractivity contribution < 1.29 is 9.53 Å². The van der Waals surface area contributed by atoms with Crippen LogP contribution in [0.1, 0.15) is 51.9 Å². The minimum absolute atomic E-state index is 0.390. The highest BCUT2D eigenvalue weighted by atomic mass is 16.5. The van der Waals surface area contributed by atoms with Gasteiger partial charge in [-0.05, 0) is 57.9 Å². The van der Waals surface area contributed by atoms with E-state index in [0.717, 1.165) is 39.0 Å². The maximum Gasteiger partial charge on any atom is 0.223 e. The van der Waals surface area contributed by atoms with Gasteiger partial charge in [-0.15, -0.1) is 0 Å². The molecule has 1 unspecified atom stereocenters. The number of amides is 1. The molecule has 3 aliphatic rings. The molecular formula is C16H28N2O2. The second-order valence-electron chi connectivity index (χ2n) is 6.69. The molecule has 20 heavy (non-hydrogen) atoms. The topological polar surface area (TPSA) is 41.6 Å². The lowest BCUT2D eigenvalue weighted by atomic mass is 9.79. The first-order chi connectivity index (χ1) is 9.76. The van der Waals surface area contributed by atoms with Crippen LogP contribution in [0.3, 0.4) is 0 Å². The van der Waals surface area contributed by atoms with E-state index in [1.165, 1.54) is 25.7 Å². The standard InChI is InChI=1S/C16H28N2O2/c1-2-20-15-8-12(9-15)10-16(19)18(14-5-6-14)11-13-4-3-7-17-13/h12-15,17H,2-11H2,1H3. The summed E-state index contributed by atoms with van der Waals surface area (Å²) in [5.74, 6) is 0.956. The van der Waals surface area contributed by atoms with Gasteiger partial charge >= 0.3 is 0 Å². The maximum absolute atomic E-state index is 12.5. The SMILES string of the molecule is CCOC1CC(CC(=O)N(CC2CCCN2)C2CC2)C1. The van der Waals surface area contributed by atoms with Gasteiger partial charge in [0.2, 0.25) is 5.91 Å². The normalized spacial score (nSPS) is 33.0. The number of rotatable bonds is 7. The van der Waals surface area contributed by atoms with Gasteiger partial charge in [-0.25, -0.2) is 0 Å². The first kappa shape index (κ1) is 14.3. The Labute approximate surface area is 122 Å². The van der Waals surface area contributed by atoms with Crippen LogP contribution >= 0.6 is 0 Å². The van der Waals surface area contributed by atoms with Crippen LogP contribution in [-0.2, 0) is 9.53 Å². The van der Waals surface area contributed by atoms with E-state index in [1.807, 2.05) is 6.92 Å². The highest BCUT2D eigenvalue weighted by molar-refractivity contribution is 5.77. The molecule has 114 valence electrons. The molecule has 1 atom stereocenters. The van der Waals surface area contributed by atoms with Gasteiger partial charge in [0.1, 0.15) is 0 Å².